The lowest BCUT2D eigenvalue weighted by atomic mass is 10.2. The number of carbonyl (C=O) groups excluding carboxylic acids is 4. The Balaban J connectivity index is 3.63. The van der Waals surface area contributed by atoms with Crippen LogP contribution in [0.25, 0.3) is 0 Å². The van der Waals surface area contributed by atoms with Gasteiger partial charge in [0.2, 0.25) is 23.6 Å². The number of carbonyl (C=O) groups is 4. The molecule has 24 heavy (non-hydrogen) atoms. The fourth-order valence-corrected chi connectivity index (χ4v) is 1.76. The summed E-state index contributed by atoms with van der Waals surface area (Å²) in [7, 11) is 2.98. The van der Waals surface area contributed by atoms with Crippen molar-refractivity contribution < 1.29 is 23.6 Å². The second-order valence-corrected chi connectivity index (χ2v) is 5.22. The molecule has 0 radical (unpaired) electrons. The highest BCUT2D eigenvalue weighted by Gasteiger charge is 2.10. The van der Waals surface area contributed by atoms with Crippen molar-refractivity contribution in [3.05, 3.63) is 0 Å². The lowest BCUT2D eigenvalue weighted by Gasteiger charge is -2.10. The van der Waals surface area contributed by atoms with Crippen molar-refractivity contribution in [2.24, 2.45) is 0 Å². The lowest BCUT2D eigenvalue weighted by Crippen LogP contribution is -2.30. The van der Waals surface area contributed by atoms with Crippen molar-refractivity contribution in [1.29, 1.82) is 0 Å². The zero-order valence-corrected chi connectivity index (χ0v) is 14.2. The molecule has 0 aliphatic carbocycles. The molecule has 0 aromatic rings. The number of hydrogen-bond acceptors (Lipinski definition) is 4. The zero-order chi connectivity index (χ0) is 18.4. The minimum Gasteiger partial charge on any atom is -0.359 e. The summed E-state index contributed by atoms with van der Waals surface area (Å²) in [6.07, 6.45) is -0.536. The zero-order valence-electron chi connectivity index (χ0n) is 14.2. The van der Waals surface area contributed by atoms with Gasteiger partial charge in [-0.25, -0.2) is 4.39 Å². The van der Waals surface area contributed by atoms with Gasteiger partial charge < -0.3 is 21.3 Å². The van der Waals surface area contributed by atoms with Gasteiger partial charge in [-0.1, -0.05) is 0 Å². The summed E-state index contributed by atoms with van der Waals surface area (Å²) in [5.41, 5.74) is 0. The largest absolute Gasteiger partial charge is 0.359 e. The maximum absolute atomic E-state index is 13.6. The molecule has 0 fully saturated rings. The Hall–Kier alpha value is -2.19. The molecule has 138 valence electrons. The predicted molar refractivity (Wildman–Crippen MR) is 86.8 cm³/mol. The van der Waals surface area contributed by atoms with E-state index in [2.05, 4.69) is 21.3 Å². The SMILES string of the molecule is CNC(=O)CCC(=O)NCCC(F)CCNC(=O)CCC(=O)NC. The van der Waals surface area contributed by atoms with Crippen molar-refractivity contribution in [2.75, 3.05) is 27.2 Å². The van der Waals surface area contributed by atoms with Crippen LogP contribution in [0.1, 0.15) is 38.5 Å². The van der Waals surface area contributed by atoms with Crippen molar-refractivity contribution in [1.82, 2.24) is 21.3 Å². The van der Waals surface area contributed by atoms with E-state index >= 15 is 0 Å². The topological polar surface area (TPSA) is 116 Å². The first-order chi connectivity index (χ1) is 11.4. The molecule has 8 nitrogen and oxygen atoms in total. The van der Waals surface area contributed by atoms with Crippen molar-refractivity contribution in [3.8, 4) is 0 Å². The molecule has 0 atom stereocenters. The highest BCUT2D eigenvalue weighted by molar-refractivity contribution is 5.84. The second-order valence-electron chi connectivity index (χ2n) is 5.22. The summed E-state index contributed by atoms with van der Waals surface area (Å²) in [5, 5.41) is 9.90. The summed E-state index contributed by atoms with van der Waals surface area (Å²) in [6.45, 7) is 0.358. The quantitative estimate of drug-likeness (QED) is 0.377. The number of alkyl halides is 1. The van der Waals surface area contributed by atoms with E-state index < -0.39 is 6.17 Å². The summed E-state index contributed by atoms with van der Waals surface area (Å²) < 4.78 is 13.6. The molecule has 0 aromatic carbocycles. The maximum Gasteiger partial charge on any atom is 0.220 e. The van der Waals surface area contributed by atoms with Gasteiger partial charge in [-0.3, -0.25) is 19.2 Å². The highest BCUT2D eigenvalue weighted by Crippen LogP contribution is 2.02. The first-order valence-corrected chi connectivity index (χ1v) is 7.97. The van der Waals surface area contributed by atoms with Crippen LogP contribution in [0.5, 0.6) is 0 Å². The molecule has 0 saturated heterocycles. The molecule has 4 amide bonds. The maximum atomic E-state index is 13.6. The van der Waals surface area contributed by atoms with E-state index in [4.69, 9.17) is 0 Å². The third-order valence-corrected chi connectivity index (χ3v) is 3.28. The summed E-state index contributed by atoms with van der Waals surface area (Å²) >= 11 is 0. The molecule has 0 aliphatic rings. The van der Waals surface area contributed by atoms with E-state index in [1.807, 2.05) is 0 Å². The van der Waals surface area contributed by atoms with E-state index in [1.165, 1.54) is 14.1 Å². The standard InChI is InChI=1S/C15H27FN4O4/c1-17-12(21)3-5-14(23)19-9-7-11(16)8-10-20-15(24)6-4-13(22)18-2/h11H,3-10H2,1-2H3,(H,17,21)(H,18,22)(H,19,23)(H,20,24). The Labute approximate surface area is 141 Å². The van der Waals surface area contributed by atoms with Crippen LogP contribution in [0.15, 0.2) is 0 Å². The van der Waals surface area contributed by atoms with Crippen LogP contribution in [0.4, 0.5) is 4.39 Å². The Kier molecular flexibility index (Phi) is 12.1. The van der Waals surface area contributed by atoms with E-state index in [-0.39, 0.29) is 75.2 Å². The lowest BCUT2D eigenvalue weighted by molar-refractivity contribution is -0.126. The van der Waals surface area contributed by atoms with Crippen molar-refractivity contribution in [3.63, 3.8) is 0 Å². The first kappa shape index (κ1) is 21.8. The van der Waals surface area contributed by atoms with Gasteiger partial charge in [0, 0.05) is 52.9 Å². The average molecular weight is 346 g/mol. The van der Waals surface area contributed by atoms with Gasteiger partial charge in [0.1, 0.15) is 6.17 Å². The van der Waals surface area contributed by atoms with Crippen molar-refractivity contribution in [2.45, 2.75) is 44.7 Å². The smallest absolute Gasteiger partial charge is 0.220 e. The van der Waals surface area contributed by atoms with Crippen LogP contribution < -0.4 is 21.3 Å². The first-order valence-electron chi connectivity index (χ1n) is 7.97. The van der Waals surface area contributed by atoms with Crippen LogP contribution >= 0.6 is 0 Å². The number of hydrogen-bond donors (Lipinski definition) is 4. The molecular formula is C15H27FN4O4. The van der Waals surface area contributed by atoms with Gasteiger partial charge in [0.15, 0.2) is 0 Å². The molecule has 0 saturated carbocycles. The number of halogens is 1. The van der Waals surface area contributed by atoms with E-state index in [9.17, 15) is 23.6 Å². The Bertz CT molecular complexity index is 394. The second kappa shape index (κ2) is 13.3. The summed E-state index contributed by atoms with van der Waals surface area (Å²) in [5.74, 6) is -1.04. The molecule has 4 N–H and O–H groups in total. The summed E-state index contributed by atoms with van der Waals surface area (Å²) in [4.78, 5) is 44.7. The van der Waals surface area contributed by atoms with Crippen LogP contribution in [-0.2, 0) is 19.2 Å². The van der Waals surface area contributed by atoms with Crippen LogP contribution in [-0.4, -0.2) is 57.0 Å². The Morgan fingerprint density at radius 3 is 1.38 bits per heavy atom. The molecule has 0 spiro atoms. The molecule has 0 aromatic heterocycles. The van der Waals surface area contributed by atoms with Gasteiger partial charge in [-0.15, -0.1) is 0 Å². The van der Waals surface area contributed by atoms with E-state index in [0.717, 1.165) is 0 Å². The Morgan fingerprint density at radius 1 is 0.708 bits per heavy atom. The van der Waals surface area contributed by atoms with Crippen LogP contribution in [0.3, 0.4) is 0 Å². The number of rotatable bonds is 12. The van der Waals surface area contributed by atoms with E-state index in [0.29, 0.717) is 0 Å². The Morgan fingerprint density at radius 2 is 1.04 bits per heavy atom. The van der Waals surface area contributed by atoms with Crippen LogP contribution in [0.2, 0.25) is 0 Å². The van der Waals surface area contributed by atoms with Crippen LogP contribution in [0, 0.1) is 0 Å². The predicted octanol–water partition coefficient (Wildman–Crippen LogP) is -0.610. The molecule has 0 bridgehead atoms. The minimum atomic E-state index is -1.15. The van der Waals surface area contributed by atoms with Gasteiger partial charge in [-0.05, 0) is 12.8 Å². The van der Waals surface area contributed by atoms with Crippen molar-refractivity contribution >= 4 is 23.6 Å². The molecule has 0 unspecified atom stereocenters. The van der Waals surface area contributed by atoms with Gasteiger partial charge >= 0.3 is 0 Å². The third kappa shape index (κ3) is 12.4. The molecule has 0 rings (SSSR count). The number of amides is 4. The van der Waals surface area contributed by atoms with Gasteiger partial charge in [0.05, 0.1) is 0 Å². The van der Waals surface area contributed by atoms with Gasteiger partial charge in [-0.2, -0.15) is 0 Å². The molecule has 0 heterocycles. The molecule has 9 heteroatoms. The summed E-state index contributed by atoms with van der Waals surface area (Å²) in [6, 6.07) is 0. The van der Waals surface area contributed by atoms with Gasteiger partial charge in [0.25, 0.3) is 0 Å². The van der Waals surface area contributed by atoms with E-state index in [1.54, 1.807) is 0 Å². The fourth-order valence-electron chi connectivity index (χ4n) is 1.76. The monoisotopic (exact) mass is 346 g/mol. The normalized spacial score (nSPS) is 10.2. The average Bonchev–Trinajstić information content (AvgIpc) is 2.57. The third-order valence-electron chi connectivity index (χ3n) is 3.28. The minimum absolute atomic E-state index is 0.0675. The molecule has 0 aliphatic heterocycles. The molecular weight excluding hydrogens is 319 g/mol. The number of nitrogens with one attached hydrogen (secondary N) is 4. The fraction of sp³-hybridized carbons (Fsp3) is 0.733. The highest BCUT2D eigenvalue weighted by atomic mass is 19.1.